The van der Waals surface area contributed by atoms with E-state index in [2.05, 4.69) is 10.1 Å². The van der Waals surface area contributed by atoms with Gasteiger partial charge in [-0.2, -0.15) is 0 Å². The summed E-state index contributed by atoms with van der Waals surface area (Å²) in [6, 6.07) is 3.39. The summed E-state index contributed by atoms with van der Waals surface area (Å²) < 4.78 is 23.3. The van der Waals surface area contributed by atoms with Crippen LogP contribution >= 0.6 is 0 Å². The van der Waals surface area contributed by atoms with Gasteiger partial charge in [-0.3, -0.25) is 4.79 Å². The standard InChI is InChI=1S/C17H19FN2O6/c1-3-26-16(23)10-6-11(18)8-12(7-10)19-14-13(17(24)25-2)9-20(4-5-21)15(14)22/h6-8,19,21H,3-5,9H2,1-2H3. The number of aliphatic hydroxyl groups is 1. The minimum Gasteiger partial charge on any atom is -0.466 e. The van der Waals surface area contributed by atoms with E-state index in [0.717, 1.165) is 12.1 Å². The van der Waals surface area contributed by atoms with Crippen LogP contribution in [-0.2, 0) is 19.1 Å². The Morgan fingerprint density at radius 1 is 1.31 bits per heavy atom. The number of halogens is 1. The first kappa shape index (κ1) is 19.4. The smallest absolute Gasteiger partial charge is 0.338 e. The van der Waals surface area contributed by atoms with Crippen molar-refractivity contribution in [3.63, 3.8) is 0 Å². The van der Waals surface area contributed by atoms with E-state index in [-0.39, 0.29) is 48.8 Å². The summed E-state index contributed by atoms with van der Waals surface area (Å²) in [5.74, 6) is -2.68. The van der Waals surface area contributed by atoms with Crippen LogP contribution in [0.15, 0.2) is 29.5 Å². The molecule has 8 nitrogen and oxygen atoms in total. The van der Waals surface area contributed by atoms with Crippen molar-refractivity contribution in [3.05, 3.63) is 40.8 Å². The number of hydrogen-bond donors (Lipinski definition) is 2. The fourth-order valence-electron chi connectivity index (χ4n) is 2.49. The van der Waals surface area contributed by atoms with E-state index >= 15 is 0 Å². The van der Waals surface area contributed by atoms with E-state index in [0.29, 0.717) is 0 Å². The van der Waals surface area contributed by atoms with Crippen molar-refractivity contribution in [3.8, 4) is 0 Å². The lowest BCUT2D eigenvalue weighted by Gasteiger charge is -2.15. The number of anilines is 1. The molecule has 1 amide bonds. The minimum atomic E-state index is -0.719. The van der Waals surface area contributed by atoms with Crippen molar-refractivity contribution in [2.24, 2.45) is 0 Å². The first-order chi connectivity index (χ1) is 12.4. The van der Waals surface area contributed by atoms with Gasteiger partial charge in [0.1, 0.15) is 11.5 Å². The number of nitrogens with zero attached hydrogens (tertiary/aromatic N) is 1. The van der Waals surface area contributed by atoms with Crippen LogP contribution in [0.1, 0.15) is 17.3 Å². The van der Waals surface area contributed by atoms with Crippen molar-refractivity contribution in [2.45, 2.75) is 6.92 Å². The van der Waals surface area contributed by atoms with Gasteiger partial charge in [0.2, 0.25) is 0 Å². The number of carbonyl (C=O) groups is 3. The second-order valence-corrected chi connectivity index (χ2v) is 5.37. The van der Waals surface area contributed by atoms with E-state index in [4.69, 9.17) is 9.84 Å². The molecule has 1 heterocycles. The van der Waals surface area contributed by atoms with Crippen LogP contribution in [0.2, 0.25) is 0 Å². The van der Waals surface area contributed by atoms with E-state index in [1.807, 2.05) is 0 Å². The molecule has 0 bridgehead atoms. The Morgan fingerprint density at radius 3 is 2.65 bits per heavy atom. The molecule has 1 aromatic carbocycles. The Kier molecular flexibility index (Phi) is 6.29. The zero-order chi connectivity index (χ0) is 19.3. The summed E-state index contributed by atoms with van der Waals surface area (Å²) in [7, 11) is 1.17. The van der Waals surface area contributed by atoms with Gasteiger partial charge in [-0.25, -0.2) is 14.0 Å². The van der Waals surface area contributed by atoms with Crippen LogP contribution in [0, 0.1) is 5.82 Å². The van der Waals surface area contributed by atoms with Crippen LogP contribution in [-0.4, -0.2) is 61.3 Å². The van der Waals surface area contributed by atoms with Gasteiger partial charge in [-0.05, 0) is 25.1 Å². The molecule has 9 heteroatoms. The van der Waals surface area contributed by atoms with Crippen molar-refractivity contribution in [1.29, 1.82) is 0 Å². The summed E-state index contributed by atoms with van der Waals surface area (Å²) in [5, 5.41) is 11.7. The third kappa shape index (κ3) is 4.17. The number of aliphatic hydroxyl groups excluding tert-OH is 1. The molecular weight excluding hydrogens is 347 g/mol. The lowest BCUT2D eigenvalue weighted by atomic mass is 10.1. The molecule has 1 aromatic rings. The third-order valence-corrected chi connectivity index (χ3v) is 3.63. The molecule has 0 aromatic heterocycles. The third-order valence-electron chi connectivity index (χ3n) is 3.63. The first-order valence-electron chi connectivity index (χ1n) is 7.87. The average molecular weight is 366 g/mol. The van der Waals surface area contributed by atoms with Gasteiger partial charge in [0.05, 0.1) is 38.0 Å². The van der Waals surface area contributed by atoms with E-state index in [9.17, 15) is 18.8 Å². The maximum Gasteiger partial charge on any atom is 0.338 e. The number of hydrogen-bond acceptors (Lipinski definition) is 7. The molecule has 140 valence electrons. The number of rotatable bonds is 7. The topological polar surface area (TPSA) is 105 Å². The Labute approximate surface area is 149 Å². The molecule has 26 heavy (non-hydrogen) atoms. The van der Waals surface area contributed by atoms with Crippen molar-refractivity contribution >= 4 is 23.5 Å². The quantitative estimate of drug-likeness (QED) is 0.684. The van der Waals surface area contributed by atoms with Crippen LogP contribution < -0.4 is 5.32 Å². The van der Waals surface area contributed by atoms with Crippen molar-refractivity contribution < 1.29 is 33.4 Å². The van der Waals surface area contributed by atoms with Crippen LogP contribution in [0.25, 0.3) is 0 Å². The Hall–Kier alpha value is -2.94. The minimum absolute atomic E-state index is 0.0295. The summed E-state index contributed by atoms with van der Waals surface area (Å²) in [6.45, 7) is 1.46. The molecule has 2 N–H and O–H groups in total. The SMILES string of the molecule is CCOC(=O)c1cc(F)cc(NC2=C(C(=O)OC)CN(CCO)C2=O)c1. The highest BCUT2D eigenvalue weighted by molar-refractivity contribution is 6.08. The largest absolute Gasteiger partial charge is 0.466 e. The van der Waals surface area contributed by atoms with Gasteiger partial charge < -0.3 is 24.8 Å². The summed E-state index contributed by atoms with van der Waals surface area (Å²) in [4.78, 5) is 37.4. The van der Waals surface area contributed by atoms with Crippen LogP contribution in [0.4, 0.5) is 10.1 Å². The van der Waals surface area contributed by atoms with E-state index in [1.54, 1.807) is 6.92 Å². The molecule has 0 aliphatic carbocycles. The lowest BCUT2D eigenvalue weighted by molar-refractivity contribution is -0.136. The maximum absolute atomic E-state index is 13.8. The molecule has 0 fully saturated rings. The second-order valence-electron chi connectivity index (χ2n) is 5.37. The number of carbonyl (C=O) groups excluding carboxylic acids is 3. The van der Waals surface area contributed by atoms with Gasteiger partial charge >= 0.3 is 11.9 Å². The molecule has 1 aliphatic rings. The summed E-state index contributed by atoms with van der Waals surface area (Å²) >= 11 is 0. The number of esters is 2. The molecule has 1 aliphatic heterocycles. The van der Waals surface area contributed by atoms with E-state index < -0.39 is 23.7 Å². The molecule has 2 rings (SSSR count). The molecule has 0 radical (unpaired) electrons. The fraction of sp³-hybridized carbons (Fsp3) is 0.353. The van der Waals surface area contributed by atoms with Gasteiger partial charge in [-0.15, -0.1) is 0 Å². The van der Waals surface area contributed by atoms with Gasteiger partial charge in [0.15, 0.2) is 0 Å². The van der Waals surface area contributed by atoms with Gasteiger partial charge in [-0.1, -0.05) is 0 Å². The average Bonchev–Trinajstić information content (AvgIpc) is 2.91. The number of benzene rings is 1. The molecule has 0 saturated carbocycles. The number of ether oxygens (including phenoxy) is 2. The van der Waals surface area contributed by atoms with Crippen LogP contribution in [0.5, 0.6) is 0 Å². The molecule has 0 saturated heterocycles. The normalized spacial score (nSPS) is 13.8. The van der Waals surface area contributed by atoms with Gasteiger partial charge in [0.25, 0.3) is 5.91 Å². The highest BCUT2D eigenvalue weighted by Crippen LogP contribution is 2.24. The molecule has 0 unspecified atom stereocenters. The number of methoxy groups -OCH3 is 1. The first-order valence-corrected chi connectivity index (χ1v) is 7.87. The predicted molar refractivity (Wildman–Crippen MR) is 88.7 cm³/mol. The van der Waals surface area contributed by atoms with Crippen molar-refractivity contribution in [1.82, 2.24) is 4.90 Å². The highest BCUT2D eigenvalue weighted by atomic mass is 19.1. The molecule has 0 atom stereocenters. The van der Waals surface area contributed by atoms with Crippen molar-refractivity contribution in [2.75, 3.05) is 38.7 Å². The number of β-amino-alcohol motifs (C(OH)–C–C–N with tert-alkyl or cyclic N) is 1. The molecular formula is C17H19FN2O6. The monoisotopic (exact) mass is 366 g/mol. The Bertz CT molecular complexity index is 762. The maximum atomic E-state index is 13.8. The Balaban J connectivity index is 2.36. The lowest BCUT2D eigenvalue weighted by Crippen LogP contribution is -2.31. The van der Waals surface area contributed by atoms with E-state index in [1.165, 1.54) is 18.1 Å². The number of amides is 1. The fourth-order valence-corrected chi connectivity index (χ4v) is 2.49. The molecule has 0 spiro atoms. The zero-order valence-corrected chi connectivity index (χ0v) is 14.4. The van der Waals surface area contributed by atoms with Crippen LogP contribution in [0.3, 0.4) is 0 Å². The zero-order valence-electron chi connectivity index (χ0n) is 14.4. The van der Waals surface area contributed by atoms with Gasteiger partial charge in [0, 0.05) is 12.2 Å². The number of nitrogens with one attached hydrogen (secondary N) is 1. The highest BCUT2D eigenvalue weighted by Gasteiger charge is 2.34. The Morgan fingerprint density at radius 2 is 2.04 bits per heavy atom. The summed E-state index contributed by atoms with van der Waals surface area (Å²) in [5.41, 5.74) is 0.0227. The second kappa shape index (κ2) is 8.43. The predicted octanol–water partition coefficient (Wildman–Crippen LogP) is 0.676. The summed E-state index contributed by atoms with van der Waals surface area (Å²) in [6.07, 6.45) is 0.